The summed E-state index contributed by atoms with van der Waals surface area (Å²) in [5, 5.41) is 0. The number of hydrogen-bond acceptors (Lipinski definition) is 0. The molecule has 0 atom stereocenters. The highest BCUT2D eigenvalue weighted by molar-refractivity contribution is 6.34. The molecule has 0 nitrogen and oxygen atoms in total. The molecule has 0 aliphatic rings. The molecule has 0 N–H and O–H groups in total. The van der Waals surface area contributed by atoms with Gasteiger partial charge in [-0.15, -0.1) is 0 Å². The van der Waals surface area contributed by atoms with Crippen molar-refractivity contribution in [1.29, 1.82) is 0 Å². The largest absolute Gasteiger partial charge is 0.110 e. The van der Waals surface area contributed by atoms with Crippen molar-refractivity contribution in [2.45, 2.75) is 26.5 Å². The van der Waals surface area contributed by atoms with Gasteiger partial charge in [0.15, 0.2) is 0 Å². The van der Waals surface area contributed by atoms with Crippen molar-refractivity contribution in [1.82, 2.24) is 0 Å². The summed E-state index contributed by atoms with van der Waals surface area (Å²) in [5.74, 6) is 0. The minimum absolute atomic E-state index is 1.12. The third-order valence-corrected chi connectivity index (χ3v) is 0.774. The average Bonchev–Trinajstić information content (AvgIpc) is 1.69. The van der Waals surface area contributed by atoms with Crippen LogP contribution in [0.25, 0.3) is 0 Å². The zero-order valence-electron chi connectivity index (χ0n) is 5.15. The van der Waals surface area contributed by atoms with Crippen LogP contribution in [-0.2, 0) is 0 Å². The zero-order valence-corrected chi connectivity index (χ0v) is 5.15. The molecule has 0 aromatic heterocycles. The first-order valence-electron chi connectivity index (χ1n) is 2.84. The summed E-state index contributed by atoms with van der Waals surface area (Å²) in [6.07, 6.45) is 6.64. The molecule has 0 aliphatic heterocycles. The number of hydrogen-bond donors (Lipinski definition) is 0. The van der Waals surface area contributed by atoms with Crippen molar-refractivity contribution in [3.63, 3.8) is 0 Å². The van der Waals surface area contributed by atoms with Gasteiger partial charge in [0, 0.05) is 0 Å². The lowest BCUT2D eigenvalue weighted by Gasteiger charge is -1.77. The second-order valence-electron chi connectivity index (χ2n) is 1.52. The van der Waals surface area contributed by atoms with E-state index >= 15 is 0 Å². The quantitative estimate of drug-likeness (QED) is 0.372. The van der Waals surface area contributed by atoms with Crippen LogP contribution in [0.1, 0.15) is 13.3 Å². The first-order chi connectivity index (χ1) is 3.41. The molecule has 0 aromatic rings. The van der Waals surface area contributed by atoms with Gasteiger partial charge in [-0.2, -0.15) is 0 Å². The molecular weight excluding hydrogens is 82.9 g/mol. The fourth-order valence-electron chi connectivity index (χ4n) is 0.399. The van der Waals surface area contributed by atoms with Crippen LogP contribution >= 0.6 is 0 Å². The van der Waals surface area contributed by atoms with Gasteiger partial charge in [0.2, 0.25) is 0 Å². The second kappa shape index (κ2) is 5.80. The SMILES string of the molecule is C[B]C/C=C/CC. The Morgan fingerprint density at radius 3 is 2.57 bits per heavy atom. The van der Waals surface area contributed by atoms with Gasteiger partial charge in [0.05, 0.1) is 0 Å². The average molecular weight is 95.0 g/mol. The molecule has 0 rings (SSSR count). The van der Waals surface area contributed by atoms with Gasteiger partial charge in [0.1, 0.15) is 7.28 Å². The van der Waals surface area contributed by atoms with E-state index in [1.54, 1.807) is 0 Å². The third kappa shape index (κ3) is 5.80. The molecule has 39 valence electrons. The maximum Gasteiger partial charge on any atom is 0.110 e. The smallest absolute Gasteiger partial charge is 0.0964 e. The molecule has 0 unspecified atom stereocenters. The van der Waals surface area contributed by atoms with Crippen LogP contribution in [0.15, 0.2) is 12.2 Å². The predicted molar refractivity (Wildman–Crippen MR) is 35.9 cm³/mol. The van der Waals surface area contributed by atoms with Crippen LogP contribution in [0.2, 0.25) is 13.1 Å². The minimum Gasteiger partial charge on any atom is -0.0964 e. The van der Waals surface area contributed by atoms with Crippen LogP contribution in [-0.4, -0.2) is 7.28 Å². The van der Waals surface area contributed by atoms with Crippen LogP contribution in [0.4, 0.5) is 0 Å². The second-order valence-corrected chi connectivity index (χ2v) is 1.52. The lowest BCUT2D eigenvalue weighted by atomic mass is 9.78. The van der Waals surface area contributed by atoms with Gasteiger partial charge >= 0.3 is 0 Å². The molecule has 7 heavy (non-hydrogen) atoms. The highest BCUT2D eigenvalue weighted by atomic mass is 13.6. The van der Waals surface area contributed by atoms with Gasteiger partial charge < -0.3 is 0 Å². The molecule has 0 amide bonds. The molecule has 1 heteroatoms. The Morgan fingerprint density at radius 2 is 2.14 bits per heavy atom. The molecule has 0 heterocycles. The minimum atomic E-state index is 1.12. The summed E-state index contributed by atoms with van der Waals surface area (Å²) in [7, 11) is 2.14. The molecule has 0 bridgehead atoms. The van der Waals surface area contributed by atoms with E-state index in [0.717, 1.165) is 12.7 Å². The van der Waals surface area contributed by atoms with Crippen molar-refractivity contribution in [2.75, 3.05) is 0 Å². The summed E-state index contributed by atoms with van der Waals surface area (Å²) in [6, 6.07) is 0. The lowest BCUT2D eigenvalue weighted by Crippen LogP contribution is -1.71. The maximum atomic E-state index is 2.18. The molecule has 0 aromatic carbocycles. The Hall–Kier alpha value is -0.195. The predicted octanol–water partition coefficient (Wildman–Crippen LogP) is 2.12. The summed E-state index contributed by atoms with van der Waals surface area (Å²) in [5.41, 5.74) is 0. The van der Waals surface area contributed by atoms with E-state index in [0.29, 0.717) is 0 Å². The normalized spacial score (nSPS) is 10.0. The first-order valence-corrected chi connectivity index (χ1v) is 2.84. The van der Waals surface area contributed by atoms with Crippen molar-refractivity contribution in [2.24, 2.45) is 0 Å². The Morgan fingerprint density at radius 1 is 1.43 bits per heavy atom. The van der Waals surface area contributed by atoms with E-state index in [1.165, 1.54) is 0 Å². The number of rotatable bonds is 3. The third-order valence-electron chi connectivity index (χ3n) is 0.774. The molecule has 0 aliphatic carbocycles. The topological polar surface area (TPSA) is 0 Å². The Bertz CT molecular complexity index is 48.1. The molecule has 0 saturated carbocycles. The highest BCUT2D eigenvalue weighted by Gasteiger charge is 1.70. The van der Waals surface area contributed by atoms with Gasteiger partial charge in [-0.05, 0) is 6.42 Å². The van der Waals surface area contributed by atoms with Crippen LogP contribution in [0, 0.1) is 0 Å². The highest BCUT2D eigenvalue weighted by Crippen LogP contribution is 1.83. The monoisotopic (exact) mass is 95.1 g/mol. The van der Waals surface area contributed by atoms with E-state index in [4.69, 9.17) is 0 Å². The van der Waals surface area contributed by atoms with Crippen molar-refractivity contribution < 1.29 is 0 Å². The summed E-state index contributed by atoms with van der Waals surface area (Å²) >= 11 is 0. The van der Waals surface area contributed by atoms with Crippen LogP contribution < -0.4 is 0 Å². The maximum absolute atomic E-state index is 2.18. The standard InChI is InChI=1S/C6H12B/c1-3-4-5-6-7-2/h4-5H,3,6H2,1-2H3/b5-4+. The Kier molecular flexibility index (Phi) is 5.64. The fourth-order valence-corrected chi connectivity index (χ4v) is 0.399. The van der Waals surface area contributed by atoms with Gasteiger partial charge in [0.25, 0.3) is 0 Å². The summed E-state index contributed by atoms with van der Waals surface area (Å²) in [6.45, 7) is 4.21. The molecule has 0 saturated heterocycles. The Labute approximate surface area is 46.9 Å². The fraction of sp³-hybridized carbons (Fsp3) is 0.667. The van der Waals surface area contributed by atoms with Crippen molar-refractivity contribution in [3.05, 3.63) is 12.2 Å². The van der Waals surface area contributed by atoms with Crippen LogP contribution in [0.3, 0.4) is 0 Å². The lowest BCUT2D eigenvalue weighted by molar-refractivity contribution is 1.22. The summed E-state index contributed by atoms with van der Waals surface area (Å²) < 4.78 is 0. The zero-order chi connectivity index (χ0) is 5.54. The van der Waals surface area contributed by atoms with Gasteiger partial charge in [-0.1, -0.05) is 32.2 Å². The molecular formula is C6H12B. The van der Waals surface area contributed by atoms with E-state index in [2.05, 4.69) is 33.2 Å². The van der Waals surface area contributed by atoms with Gasteiger partial charge in [-0.3, -0.25) is 0 Å². The molecule has 1 radical (unpaired) electrons. The molecule has 0 spiro atoms. The van der Waals surface area contributed by atoms with Crippen molar-refractivity contribution >= 4 is 7.28 Å². The molecule has 0 fully saturated rings. The Balaban J connectivity index is 2.78. The van der Waals surface area contributed by atoms with E-state index in [-0.39, 0.29) is 0 Å². The van der Waals surface area contributed by atoms with Crippen molar-refractivity contribution in [3.8, 4) is 0 Å². The van der Waals surface area contributed by atoms with Gasteiger partial charge in [-0.25, -0.2) is 0 Å². The number of allylic oxidation sites excluding steroid dienone is 2. The van der Waals surface area contributed by atoms with E-state index < -0.39 is 0 Å². The summed E-state index contributed by atoms with van der Waals surface area (Å²) in [4.78, 5) is 0. The van der Waals surface area contributed by atoms with E-state index in [9.17, 15) is 0 Å². The first kappa shape index (κ1) is 6.80. The van der Waals surface area contributed by atoms with E-state index in [1.807, 2.05) is 0 Å². The van der Waals surface area contributed by atoms with Crippen LogP contribution in [0.5, 0.6) is 0 Å².